The van der Waals surface area contributed by atoms with Gasteiger partial charge in [-0.1, -0.05) is 26.8 Å². The maximum absolute atomic E-state index is 13.6. The average molecular weight is 412 g/mol. The Morgan fingerprint density at radius 3 is 2.48 bits per heavy atom. The molecule has 7 heteroatoms. The van der Waals surface area contributed by atoms with Gasteiger partial charge >= 0.3 is 5.97 Å². The summed E-state index contributed by atoms with van der Waals surface area (Å²) in [7, 11) is 0. The Bertz CT molecular complexity index is 781. The molecule has 7 nitrogen and oxygen atoms in total. The largest absolute Gasteiger partial charge is 0.457 e. The Balaban J connectivity index is 2.32. The number of hydrogen-bond donors (Lipinski definition) is 3. The van der Waals surface area contributed by atoms with Crippen molar-refractivity contribution in [3.63, 3.8) is 0 Å². The summed E-state index contributed by atoms with van der Waals surface area (Å²) in [5.41, 5.74) is -7.30. The average Bonchev–Trinajstić information content (AvgIpc) is 2.59. The Morgan fingerprint density at radius 1 is 1.31 bits per heavy atom. The number of carbonyl (C=O) groups excluding carboxylic acids is 2. The summed E-state index contributed by atoms with van der Waals surface area (Å²) in [6.45, 7) is 10.7. The highest BCUT2D eigenvalue weighted by molar-refractivity contribution is 5.92. The molecule has 2 saturated carbocycles. The summed E-state index contributed by atoms with van der Waals surface area (Å²) >= 11 is 0. The summed E-state index contributed by atoms with van der Waals surface area (Å²) in [5.74, 6) is -1.98. The van der Waals surface area contributed by atoms with Crippen LogP contribution in [-0.2, 0) is 19.1 Å². The van der Waals surface area contributed by atoms with Crippen molar-refractivity contribution in [1.29, 1.82) is 0 Å². The first-order valence-corrected chi connectivity index (χ1v) is 10.2. The lowest BCUT2D eigenvalue weighted by atomic mass is 9.40. The van der Waals surface area contributed by atoms with Crippen LogP contribution in [0.1, 0.15) is 62.2 Å². The molecule has 8 atom stereocenters. The van der Waals surface area contributed by atoms with Crippen molar-refractivity contribution in [1.82, 2.24) is 0 Å². The van der Waals surface area contributed by atoms with Crippen LogP contribution in [0.25, 0.3) is 0 Å². The summed E-state index contributed by atoms with van der Waals surface area (Å²) in [4.78, 5) is 25.6. The van der Waals surface area contributed by atoms with Gasteiger partial charge in [-0.25, -0.2) is 0 Å². The lowest BCUT2D eigenvalue weighted by molar-refractivity contribution is -0.370. The highest BCUT2D eigenvalue weighted by Crippen LogP contribution is 2.66. The van der Waals surface area contributed by atoms with Gasteiger partial charge in [-0.15, -0.1) is 6.55 Å². The van der Waals surface area contributed by atoms with E-state index in [4.69, 9.17) is 10.8 Å². The van der Waals surface area contributed by atoms with E-state index in [1.807, 2.05) is 13.8 Å². The number of aliphatic hydroxyl groups is 3. The number of ether oxygens (including phenoxy) is 2. The maximum atomic E-state index is 13.6. The normalized spacial score (nSPS) is 52.4. The van der Waals surface area contributed by atoms with Gasteiger partial charge in [0.2, 0.25) is 0 Å². The van der Waals surface area contributed by atoms with E-state index in [-0.39, 0.29) is 6.42 Å². The molecule has 1 heterocycles. The topological polar surface area (TPSA) is 113 Å². The predicted molar refractivity (Wildman–Crippen MR) is 105 cm³/mol. The molecule has 0 aromatic rings. The van der Waals surface area contributed by atoms with Gasteiger partial charge in [0.15, 0.2) is 17.5 Å². The Labute approximate surface area is 173 Å². The summed E-state index contributed by atoms with van der Waals surface area (Å²) in [5, 5.41) is 34.8. The fourth-order valence-electron chi connectivity index (χ4n) is 6.64. The molecule has 0 bridgehead atoms. The smallest absolute Gasteiger partial charge is 0.303 e. The molecule has 2 aliphatic carbocycles. The standard InChI is InChI=1S/C22H34O7/c1-8-19(5)11-14(25)22(27)20(6)13(24)9-10-18(3,4)16(20)15(26)17(28-12(2)23)21(22,7)29-19/h8,13,15-17,24,26-27H,1,9-11H2,2-7H3/t13-,15-,16-,17-,19-,20-,21+,22-/m0/s1/i1D. The molecule has 0 aromatic heterocycles. The number of esters is 1. The van der Waals surface area contributed by atoms with Crippen LogP contribution in [-0.4, -0.2) is 62.2 Å². The number of rotatable bonds is 2. The molecule has 29 heavy (non-hydrogen) atoms. The summed E-state index contributed by atoms with van der Waals surface area (Å²) < 4.78 is 19.2. The summed E-state index contributed by atoms with van der Waals surface area (Å²) in [6.07, 6.45) is -1.61. The molecule has 0 radical (unpaired) electrons. The van der Waals surface area contributed by atoms with Crippen molar-refractivity contribution < 1.29 is 35.8 Å². The minimum absolute atomic E-state index is 0.215. The zero-order valence-corrected chi connectivity index (χ0v) is 18.1. The molecule has 1 aliphatic heterocycles. The van der Waals surface area contributed by atoms with Gasteiger partial charge in [0, 0.05) is 24.7 Å². The van der Waals surface area contributed by atoms with Gasteiger partial charge in [0.1, 0.15) is 5.60 Å². The van der Waals surface area contributed by atoms with Crippen LogP contribution in [0.4, 0.5) is 0 Å². The number of carbonyl (C=O) groups is 2. The van der Waals surface area contributed by atoms with Crippen LogP contribution in [0.15, 0.2) is 12.6 Å². The fourth-order valence-corrected chi connectivity index (χ4v) is 6.64. The van der Waals surface area contributed by atoms with Crippen molar-refractivity contribution in [3.8, 4) is 0 Å². The second kappa shape index (κ2) is 6.36. The lowest BCUT2D eigenvalue weighted by Gasteiger charge is -2.71. The van der Waals surface area contributed by atoms with Crippen LogP contribution in [0.3, 0.4) is 0 Å². The molecule has 0 aromatic carbocycles. The number of Topliss-reactive ketones (excluding diaryl/α,β-unsaturated/α-hetero) is 1. The second-order valence-corrected chi connectivity index (χ2v) is 10.3. The third-order valence-electron chi connectivity index (χ3n) is 7.94. The Morgan fingerprint density at radius 2 is 1.93 bits per heavy atom. The molecular weight excluding hydrogens is 376 g/mol. The van der Waals surface area contributed by atoms with E-state index in [0.717, 1.165) is 6.55 Å². The first-order chi connectivity index (χ1) is 13.6. The Kier molecular flexibility index (Phi) is 4.60. The first-order valence-electron chi connectivity index (χ1n) is 10.7. The van der Waals surface area contributed by atoms with Crippen molar-refractivity contribution in [2.45, 2.75) is 95.9 Å². The van der Waals surface area contributed by atoms with E-state index in [9.17, 15) is 24.9 Å². The number of ketones is 1. The van der Waals surface area contributed by atoms with Crippen molar-refractivity contribution in [2.24, 2.45) is 16.7 Å². The molecular formula is C22H34O7. The maximum Gasteiger partial charge on any atom is 0.303 e. The van der Waals surface area contributed by atoms with Crippen LogP contribution in [0, 0.1) is 16.7 Å². The molecule has 164 valence electrons. The monoisotopic (exact) mass is 411 g/mol. The van der Waals surface area contributed by atoms with E-state index in [2.05, 4.69) is 0 Å². The molecule has 0 amide bonds. The summed E-state index contributed by atoms with van der Waals surface area (Å²) in [6, 6.07) is 0. The fraction of sp³-hybridized carbons (Fsp3) is 0.818. The predicted octanol–water partition coefficient (Wildman–Crippen LogP) is 1.52. The highest BCUT2D eigenvalue weighted by Gasteiger charge is 2.81. The lowest BCUT2D eigenvalue weighted by Crippen LogP contribution is -2.86. The van der Waals surface area contributed by atoms with Crippen LogP contribution in [0.5, 0.6) is 0 Å². The van der Waals surface area contributed by atoms with E-state index in [0.29, 0.717) is 12.8 Å². The van der Waals surface area contributed by atoms with Crippen molar-refractivity contribution in [3.05, 3.63) is 12.6 Å². The van der Waals surface area contributed by atoms with Crippen LogP contribution >= 0.6 is 0 Å². The molecule has 3 N–H and O–H groups in total. The minimum atomic E-state index is -2.23. The third kappa shape index (κ3) is 2.63. The van der Waals surface area contributed by atoms with E-state index in [1.54, 1.807) is 13.8 Å². The molecule has 0 unspecified atom stereocenters. The zero-order valence-electron chi connectivity index (χ0n) is 19.1. The minimum Gasteiger partial charge on any atom is -0.457 e. The number of fused-ring (bicyclic) bond motifs is 3. The van der Waals surface area contributed by atoms with Gasteiger partial charge in [-0.2, -0.15) is 0 Å². The highest BCUT2D eigenvalue weighted by atomic mass is 16.6. The van der Waals surface area contributed by atoms with Crippen molar-refractivity contribution >= 4 is 11.8 Å². The second-order valence-electron chi connectivity index (χ2n) is 10.3. The molecule has 3 aliphatic rings. The van der Waals surface area contributed by atoms with Gasteiger partial charge in [-0.3, -0.25) is 9.59 Å². The molecule has 0 spiro atoms. The zero-order chi connectivity index (χ0) is 22.9. The Hall–Kier alpha value is -1.28. The van der Waals surface area contributed by atoms with E-state index >= 15 is 0 Å². The molecule has 1 saturated heterocycles. The number of aliphatic hydroxyl groups excluding tert-OH is 2. The SMILES string of the molecule is [2H]C=C[C@@]1(C)CC(=O)[C@]2(O)[C@@]3(C)[C@@H](O)CCC(C)(C)[C@@H]3[C@H](O)[C@H](OC(C)=O)[C@@]2(C)O1. The van der Waals surface area contributed by atoms with Crippen LogP contribution < -0.4 is 0 Å². The third-order valence-corrected chi connectivity index (χ3v) is 7.94. The van der Waals surface area contributed by atoms with Crippen LogP contribution in [0.2, 0.25) is 0 Å². The molecule has 3 rings (SSSR count). The molecule has 3 fully saturated rings. The van der Waals surface area contributed by atoms with Crippen molar-refractivity contribution in [2.75, 3.05) is 0 Å². The van der Waals surface area contributed by atoms with E-state index < -0.39 is 63.6 Å². The van der Waals surface area contributed by atoms with Gasteiger partial charge in [0.05, 0.1) is 19.2 Å². The van der Waals surface area contributed by atoms with E-state index in [1.165, 1.54) is 19.9 Å². The van der Waals surface area contributed by atoms with Gasteiger partial charge in [0.25, 0.3) is 0 Å². The first kappa shape index (κ1) is 21.0. The quantitative estimate of drug-likeness (QED) is 0.466. The van der Waals surface area contributed by atoms with Gasteiger partial charge < -0.3 is 24.8 Å². The van der Waals surface area contributed by atoms with Gasteiger partial charge in [-0.05, 0) is 32.1 Å². The number of hydrogen-bond acceptors (Lipinski definition) is 7.